The summed E-state index contributed by atoms with van der Waals surface area (Å²) in [5, 5.41) is 10.4. The summed E-state index contributed by atoms with van der Waals surface area (Å²) in [6.45, 7) is 0.207. The van der Waals surface area contributed by atoms with E-state index in [0.717, 1.165) is 6.42 Å². The minimum Gasteiger partial charge on any atom is -0.396 e. The average Bonchev–Trinajstić information content (AvgIpc) is 2.63. The fourth-order valence-electron chi connectivity index (χ4n) is 2.71. The number of rotatable bonds is 6. The fourth-order valence-corrected chi connectivity index (χ4v) is 4.12. The molecule has 3 rings (SSSR count). The third-order valence-electron chi connectivity index (χ3n) is 3.93. The van der Waals surface area contributed by atoms with Crippen LogP contribution < -0.4 is 16.2 Å². The molecule has 0 aromatic heterocycles. The van der Waals surface area contributed by atoms with Crippen molar-refractivity contribution in [3.63, 3.8) is 0 Å². The van der Waals surface area contributed by atoms with Gasteiger partial charge in [0.25, 0.3) is 0 Å². The molecule has 23 heavy (non-hydrogen) atoms. The minimum atomic E-state index is 0.207. The van der Waals surface area contributed by atoms with Crippen LogP contribution in [0.1, 0.15) is 5.56 Å². The summed E-state index contributed by atoms with van der Waals surface area (Å²) in [6, 6.07) is 30.1. The van der Waals surface area contributed by atoms with Crippen molar-refractivity contribution in [2.45, 2.75) is 6.42 Å². The molecule has 1 nitrogen and oxygen atoms in total. The van der Waals surface area contributed by atoms with Crippen LogP contribution in [0.5, 0.6) is 0 Å². The van der Waals surface area contributed by atoms with E-state index >= 15 is 0 Å². The lowest BCUT2D eigenvalue weighted by Gasteiger charge is -2.15. The van der Waals surface area contributed by atoms with Crippen molar-refractivity contribution in [2.75, 3.05) is 6.61 Å². The smallest absolute Gasteiger partial charge is 0.238 e. The molecule has 0 bridgehead atoms. The zero-order valence-electron chi connectivity index (χ0n) is 13.0. The number of hydrogen-bond donors (Lipinski definition) is 1. The predicted octanol–water partition coefficient (Wildman–Crippen LogP) is 2.33. The quantitative estimate of drug-likeness (QED) is 0.546. The lowest BCUT2D eigenvalue weighted by Crippen LogP contribution is -2.39. The Morgan fingerprint density at radius 1 is 0.696 bits per heavy atom. The highest BCUT2D eigenvalue weighted by atomic mass is 31.1. The van der Waals surface area contributed by atoms with Gasteiger partial charge in [-0.05, 0) is 17.3 Å². The maximum atomic E-state index is 9.03. The SMILES string of the molecule is OCCc1ccc(PB(c2ccccc2)c2ccccc2)cc1. The average molecular weight is 318 g/mol. The lowest BCUT2D eigenvalue weighted by atomic mass is 9.62. The van der Waals surface area contributed by atoms with Crippen molar-refractivity contribution >= 4 is 31.1 Å². The second kappa shape index (κ2) is 8.10. The van der Waals surface area contributed by atoms with Crippen LogP contribution >= 0.6 is 8.46 Å². The highest BCUT2D eigenvalue weighted by Crippen LogP contribution is 2.16. The Balaban J connectivity index is 1.87. The molecule has 0 amide bonds. The van der Waals surface area contributed by atoms with E-state index in [2.05, 4.69) is 84.9 Å². The molecule has 0 aliphatic rings. The summed E-state index contributed by atoms with van der Waals surface area (Å²) in [5.74, 6) is 0. The van der Waals surface area contributed by atoms with Crippen LogP contribution in [0, 0.1) is 0 Å². The first kappa shape index (κ1) is 16.0. The number of aliphatic hydroxyl groups is 1. The highest BCUT2D eigenvalue weighted by molar-refractivity contribution is 7.86. The third-order valence-corrected chi connectivity index (χ3v) is 5.55. The maximum absolute atomic E-state index is 9.03. The van der Waals surface area contributed by atoms with Crippen LogP contribution in [0.2, 0.25) is 0 Å². The van der Waals surface area contributed by atoms with Crippen LogP contribution in [0.25, 0.3) is 0 Å². The molecule has 0 spiro atoms. The first-order chi connectivity index (χ1) is 11.4. The summed E-state index contributed by atoms with van der Waals surface area (Å²) in [7, 11) is 0.686. The summed E-state index contributed by atoms with van der Waals surface area (Å²) >= 11 is 0. The van der Waals surface area contributed by atoms with E-state index in [-0.39, 0.29) is 6.61 Å². The van der Waals surface area contributed by atoms with Crippen molar-refractivity contribution in [1.82, 2.24) is 0 Å². The highest BCUT2D eigenvalue weighted by Gasteiger charge is 2.19. The van der Waals surface area contributed by atoms with Crippen molar-refractivity contribution in [3.05, 3.63) is 90.5 Å². The number of aliphatic hydroxyl groups excluding tert-OH is 1. The summed E-state index contributed by atoms with van der Waals surface area (Å²) in [5.41, 5.74) is 3.91. The van der Waals surface area contributed by atoms with Crippen molar-refractivity contribution < 1.29 is 5.11 Å². The van der Waals surface area contributed by atoms with Gasteiger partial charge in [-0.1, -0.05) is 95.9 Å². The molecule has 1 unspecified atom stereocenters. The lowest BCUT2D eigenvalue weighted by molar-refractivity contribution is 0.299. The van der Waals surface area contributed by atoms with Gasteiger partial charge in [-0.3, -0.25) is 0 Å². The molecule has 0 saturated carbocycles. The Hall–Kier alpha value is -1.89. The zero-order valence-corrected chi connectivity index (χ0v) is 14.0. The predicted molar refractivity (Wildman–Crippen MR) is 103 cm³/mol. The number of benzene rings is 3. The van der Waals surface area contributed by atoms with E-state index < -0.39 is 0 Å². The Morgan fingerprint density at radius 2 is 1.22 bits per heavy atom. The Bertz CT molecular complexity index is 674. The topological polar surface area (TPSA) is 20.2 Å². The second-order valence-corrected chi connectivity index (χ2v) is 7.01. The summed E-state index contributed by atoms with van der Waals surface area (Å²) in [6.07, 6.45) is 1.12. The van der Waals surface area contributed by atoms with E-state index in [0.29, 0.717) is 14.9 Å². The van der Waals surface area contributed by atoms with Gasteiger partial charge in [0.2, 0.25) is 6.43 Å². The standard InChI is InChI=1S/C20H20BOP/c22-16-15-17-11-13-20(14-12-17)23-21(18-7-3-1-4-8-18)19-9-5-2-6-10-19/h1-14,22-23H,15-16H2. The van der Waals surface area contributed by atoms with Gasteiger partial charge in [-0.25, -0.2) is 0 Å². The molecule has 0 fully saturated rings. The van der Waals surface area contributed by atoms with Crippen molar-refractivity contribution in [1.29, 1.82) is 0 Å². The van der Waals surface area contributed by atoms with E-state index in [1.807, 2.05) is 0 Å². The summed E-state index contributed by atoms with van der Waals surface area (Å²) < 4.78 is 0. The molecule has 114 valence electrons. The van der Waals surface area contributed by atoms with Gasteiger partial charge in [0.1, 0.15) is 0 Å². The molecule has 0 radical (unpaired) electrons. The van der Waals surface area contributed by atoms with Gasteiger partial charge in [0.15, 0.2) is 0 Å². The molecule has 0 saturated heterocycles. The number of hydrogen-bond acceptors (Lipinski definition) is 1. The van der Waals surface area contributed by atoms with Gasteiger partial charge < -0.3 is 5.11 Å². The Morgan fingerprint density at radius 3 is 1.70 bits per heavy atom. The van der Waals surface area contributed by atoms with Crippen LogP contribution in [-0.2, 0) is 6.42 Å². The first-order valence-electron chi connectivity index (χ1n) is 7.93. The van der Waals surface area contributed by atoms with Crippen LogP contribution in [-0.4, -0.2) is 18.1 Å². The van der Waals surface area contributed by atoms with E-state index in [9.17, 15) is 0 Å². The monoisotopic (exact) mass is 318 g/mol. The molecule has 0 aliphatic carbocycles. The molecule has 3 aromatic carbocycles. The van der Waals surface area contributed by atoms with Crippen molar-refractivity contribution in [2.24, 2.45) is 0 Å². The molecular weight excluding hydrogens is 298 g/mol. The molecule has 3 aromatic rings. The fraction of sp³-hybridized carbons (Fsp3) is 0.100. The zero-order chi connectivity index (χ0) is 15.9. The van der Waals surface area contributed by atoms with Crippen LogP contribution in [0.4, 0.5) is 0 Å². The van der Waals surface area contributed by atoms with Crippen LogP contribution in [0.15, 0.2) is 84.9 Å². The molecule has 0 aliphatic heterocycles. The van der Waals surface area contributed by atoms with Gasteiger partial charge in [0, 0.05) is 6.61 Å². The maximum Gasteiger partial charge on any atom is 0.238 e. The third kappa shape index (κ3) is 4.31. The van der Waals surface area contributed by atoms with E-state index in [4.69, 9.17) is 5.11 Å². The normalized spacial score (nSPS) is 11.0. The Labute approximate surface area is 140 Å². The van der Waals surface area contributed by atoms with Gasteiger partial charge in [0.05, 0.1) is 0 Å². The molecule has 0 heterocycles. The first-order valence-corrected chi connectivity index (χ1v) is 9.01. The molecule has 3 heteroatoms. The van der Waals surface area contributed by atoms with Crippen LogP contribution in [0.3, 0.4) is 0 Å². The minimum absolute atomic E-state index is 0.207. The largest absolute Gasteiger partial charge is 0.396 e. The van der Waals surface area contributed by atoms with Crippen molar-refractivity contribution in [3.8, 4) is 0 Å². The molecule has 1 atom stereocenters. The van der Waals surface area contributed by atoms with Gasteiger partial charge >= 0.3 is 0 Å². The van der Waals surface area contributed by atoms with E-state index in [1.54, 1.807) is 0 Å². The van der Waals surface area contributed by atoms with E-state index in [1.165, 1.54) is 21.8 Å². The Kier molecular flexibility index (Phi) is 5.63. The summed E-state index contributed by atoms with van der Waals surface area (Å²) in [4.78, 5) is 0. The molecule has 1 N–H and O–H groups in total. The van der Waals surface area contributed by atoms with Gasteiger partial charge in [-0.15, -0.1) is 8.46 Å². The second-order valence-electron chi connectivity index (χ2n) is 5.57. The molecular formula is C20H20BOP. The van der Waals surface area contributed by atoms with Gasteiger partial charge in [-0.2, -0.15) is 0 Å².